The van der Waals surface area contributed by atoms with Crippen LogP contribution in [0.5, 0.6) is 5.75 Å². The predicted molar refractivity (Wildman–Crippen MR) is 78.4 cm³/mol. The lowest BCUT2D eigenvalue weighted by Gasteiger charge is -2.05. The summed E-state index contributed by atoms with van der Waals surface area (Å²) in [7, 11) is 1.54. The number of carbonyl (C=O) groups is 2. The third-order valence-electron chi connectivity index (χ3n) is 3.04. The Hall–Kier alpha value is -2.69. The zero-order valence-corrected chi connectivity index (χ0v) is 12.0. The van der Waals surface area contributed by atoms with E-state index in [9.17, 15) is 14.0 Å². The van der Waals surface area contributed by atoms with Crippen molar-refractivity contribution >= 4 is 11.8 Å². The van der Waals surface area contributed by atoms with Gasteiger partial charge in [-0.3, -0.25) is 9.59 Å². The number of ketones is 1. The smallest absolute Gasteiger partial charge is 0.310 e. The van der Waals surface area contributed by atoms with Crippen molar-refractivity contribution in [3.8, 4) is 5.75 Å². The lowest BCUT2D eigenvalue weighted by atomic mass is 10.1. The average Bonchev–Trinajstić information content (AvgIpc) is 2.55. The molecule has 5 heteroatoms. The highest BCUT2D eigenvalue weighted by atomic mass is 19.1. The minimum atomic E-state index is -0.534. The van der Waals surface area contributed by atoms with Crippen LogP contribution >= 0.6 is 0 Å². The van der Waals surface area contributed by atoms with Crippen molar-refractivity contribution in [2.75, 3.05) is 13.7 Å². The molecule has 0 saturated heterocycles. The highest BCUT2D eigenvalue weighted by Gasteiger charge is 2.11. The summed E-state index contributed by atoms with van der Waals surface area (Å²) in [6, 6.07) is 12.1. The number of halogens is 1. The summed E-state index contributed by atoms with van der Waals surface area (Å²) in [5.74, 6) is -0.555. The van der Waals surface area contributed by atoms with Gasteiger partial charge in [0.25, 0.3) is 0 Å². The topological polar surface area (TPSA) is 52.6 Å². The van der Waals surface area contributed by atoms with Gasteiger partial charge in [-0.25, -0.2) is 4.39 Å². The number of rotatable bonds is 6. The molecule has 0 aliphatic heterocycles. The summed E-state index contributed by atoms with van der Waals surface area (Å²) in [5, 5.41) is 0. The van der Waals surface area contributed by atoms with Gasteiger partial charge in [-0.15, -0.1) is 0 Å². The molecule has 2 aromatic rings. The van der Waals surface area contributed by atoms with E-state index >= 15 is 0 Å². The molecule has 0 atom stereocenters. The summed E-state index contributed by atoms with van der Waals surface area (Å²) in [5.41, 5.74) is 1.07. The van der Waals surface area contributed by atoms with Crippen molar-refractivity contribution in [1.82, 2.24) is 0 Å². The number of hydrogen-bond acceptors (Lipinski definition) is 4. The third kappa shape index (κ3) is 4.41. The summed E-state index contributed by atoms with van der Waals surface area (Å²) in [6.07, 6.45) is -0.00380. The van der Waals surface area contributed by atoms with Gasteiger partial charge < -0.3 is 9.47 Å². The molecule has 4 nitrogen and oxygen atoms in total. The second kappa shape index (κ2) is 7.36. The van der Waals surface area contributed by atoms with E-state index in [0.717, 1.165) is 0 Å². The molecule has 0 aliphatic carbocycles. The first-order valence-electron chi connectivity index (χ1n) is 6.66. The molecule has 0 heterocycles. The number of benzene rings is 2. The zero-order valence-electron chi connectivity index (χ0n) is 12.0. The van der Waals surface area contributed by atoms with Crippen molar-refractivity contribution in [2.45, 2.75) is 6.42 Å². The number of esters is 1. The zero-order chi connectivity index (χ0) is 15.9. The van der Waals surface area contributed by atoms with Crippen LogP contribution in [-0.2, 0) is 16.0 Å². The van der Waals surface area contributed by atoms with Crippen molar-refractivity contribution in [2.24, 2.45) is 0 Å². The molecule has 0 saturated carbocycles. The van der Waals surface area contributed by atoms with Gasteiger partial charge >= 0.3 is 5.97 Å². The largest absolute Gasteiger partial charge is 0.497 e. The molecule has 2 aromatic carbocycles. The molecule has 0 amide bonds. The Morgan fingerprint density at radius 1 is 1.00 bits per heavy atom. The van der Waals surface area contributed by atoms with E-state index in [1.165, 1.54) is 31.4 Å². The standard InChI is InChI=1S/C17H15FO4/c1-21-15-8-4-13(5-9-15)16(19)11-22-17(20)10-12-2-6-14(18)7-3-12/h2-9H,10-11H2,1H3. The molecular weight excluding hydrogens is 287 g/mol. The first-order chi connectivity index (χ1) is 10.6. The van der Waals surface area contributed by atoms with Gasteiger partial charge in [0.2, 0.25) is 0 Å². The van der Waals surface area contributed by atoms with Crippen LogP contribution < -0.4 is 4.74 Å². The van der Waals surface area contributed by atoms with Crippen LogP contribution in [0.25, 0.3) is 0 Å². The SMILES string of the molecule is COc1ccc(C(=O)COC(=O)Cc2ccc(F)cc2)cc1. The van der Waals surface area contributed by atoms with Gasteiger partial charge in [0.05, 0.1) is 13.5 Å². The van der Waals surface area contributed by atoms with Crippen LogP contribution in [-0.4, -0.2) is 25.5 Å². The molecule has 0 N–H and O–H groups in total. The van der Waals surface area contributed by atoms with Crippen molar-refractivity contribution < 1.29 is 23.5 Å². The van der Waals surface area contributed by atoms with Crippen LogP contribution in [0, 0.1) is 5.82 Å². The summed E-state index contributed by atoms with van der Waals surface area (Å²) >= 11 is 0. The maximum absolute atomic E-state index is 12.8. The van der Waals surface area contributed by atoms with E-state index in [2.05, 4.69) is 0 Å². The van der Waals surface area contributed by atoms with Crippen LogP contribution in [0.1, 0.15) is 15.9 Å². The summed E-state index contributed by atoms with van der Waals surface area (Å²) in [6.45, 7) is -0.327. The molecule has 0 radical (unpaired) electrons. The van der Waals surface area contributed by atoms with E-state index in [1.54, 1.807) is 24.3 Å². The normalized spacial score (nSPS) is 10.1. The Balaban J connectivity index is 1.84. The van der Waals surface area contributed by atoms with Crippen LogP contribution in [0.3, 0.4) is 0 Å². The maximum atomic E-state index is 12.8. The summed E-state index contributed by atoms with van der Waals surface area (Å²) < 4.78 is 22.7. The number of hydrogen-bond donors (Lipinski definition) is 0. The highest BCUT2D eigenvalue weighted by molar-refractivity contribution is 5.98. The number of ether oxygens (including phenoxy) is 2. The Morgan fingerprint density at radius 3 is 2.23 bits per heavy atom. The average molecular weight is 302 g/mol. The maximum Gasteiger partial charge on any atom is 0.310 e. The molecule has 0 spiro atoms. The van der Waals surface area contributed by atoms with E-state index in [4.69, 9.17) is 9.47 Å². The van der Waals surface area contributed by atoms with E-state index < -0.39 is 5.97 Å². The first kappa shape index (κ1) is 15.7. The van der Waals surface area contributed by atoms with Crippen molar-refractivity contribution in [3.05, 3.63) is 65.5 Å². The van der Waals surface area contributed by atoms with Gasteiger partial charge in [-0.05, 0) is 42.0 Å². The Labute approximate surface area is 127 Å². The lowest BCUT2D eigenvalue weighted by Crippen LogP contribution is -2.15. The third-order valence-corrected chi connectivity index (χ3v) is 3.04. The first-order valence-corrected chi connectivity index (χ1v) is 6.66. The molecule has 0 aliphatic rings. The van der Waals surface area contributed by atoms with Crippen LogP contribution in [0.2, 0.25) is 0 Å². The Morgan fingerprint density at radius 2 is 1.64 bits per heavy atom. The predicted octanol–water partition coefficient (Wildman–Crippen LogP) is 2.80. The monoisotopic (exact) mass is 302 g/mol. The van der Waals surface area contributed by atoms with Crippen LogP contribution in [0.4, 0.5) is 4.39 Å². The Bertz CT molecular complexity index is 647. The molecule has 2 rings (SSSR count). The molecule has 114 valence electrons. The van der Waals surface area contributed by atoms with E-state index in [-0.39, 0.29) is 24.6 Å². The minimum absolute atomic E-state index is 0.00380. The quantitative estimate of drug-likeness (QED) is 0.608. The number of carbonyl (C=O) groups excluding carboxylic acids is 2. The molecule has 0 aromatic heterocycles. The van der Waals surface area contributed by atoms with Crippen molar-refractivity contribution in [1.29, 1.82) is 0 Å². The summed E-state index contributed by atoms with van der Waals surface area (Å²) in [4.78, 5) is 23.5. The fraction of sp³-hybridized carbons (Fsp3) is 0.176. The van der Waals surface area contributed by atoms with E-state index in [0.29, 0.717) is 16.9 Å². The molecule has 0 fully saturated rings. The fourth-order valence-electron chi connectivity index (χ4n) is 1.83. The highest BCUT2D eigenvalue weighted by Crippen LogP contribution is 2.12. The lowest BCUT2D eigenvalue weighted by molar-refractivity contribution is -0.141. The molecule has 0 unspecified atom stereocenters. The molecular formula is C17H15FO4. The molecule has 0 bridgehead atoms. The minimum Gasteiger partial charge on any atom is -0.497 e. The number of methoxy groups -OCH3 is 1. The molecule has 22 heavy (non-hydrogen) atoms. The fourth-order valence-corrected chi connectivity index (χ4v) is 1.83. The van der Waals surface area contributed by atoms with Crippen LogP contribution in [0.15, 0.2) is 48.5 Å². The van der Waals surface area contributed by atoms with Gasteiger partial charge in [-0.1, -0.05) is 12.1 Å². The Kier molecular flexibility index (Phi) is 5.25. The van der Waals surface area contributed by atoms with E-state index in [1.807, 2.05) is 0 Å². The van der Waals surface area contributed by atoms with Gasteiger partial charge in [0.15, 0.2) is 12.4 Å². The van der Waals surface area contributed by atoms with Gasteiger partial charge in [-0.2, -0.15) is 0 Å². The van der Waals surface area contributed by atoms with Gasteiger partial charge in [0, 0.05) is 5.56 Å². The second-order valence-electron chi connectivity index (χ2n) is 4.62. The second-order valence-corrected chi connectivity index (χ2v) is 4.62. The number of Topliss-reactive ketones (excluding diaryl/α,β-unsaturated/α-hetero) is 1. The van der Waals surface area contributed by atoms with Gasteiger partial charge in [0.1, 0.15) is 11.6 Å². The van der Waals surface area contributed by atoms with Crippen molar-refractivity contribution in [3.63, 3.8) is 0 Å².